The van der Waals surface area contributed by atoms with Crippen molar-refractivity contribution in [2.75, 3.05) is 13.1 Å². The third kappa shape index (κ3) is 3.57. The summed E-state index contributed by atoms with van der Waals surface area (Å²) in [4.78, 5) is 14.1. The molecule has 0 bridgehead atoms. The molecule has 0 spiro atoms. The Morgan fingerprint density at radius 3 is 2.89 bits per heavy atom. The van der Waals surface area contributed by atoms with Gasteiger partial charge in [0.1, 0.15) is 0 Å². The van der Waals surface area contributed by atoms with E-state index in [1.54, 1.807) is 0 Å². The van der Waals surface area contributed by atoms with Crippen molar-refractivity contribution < 1.29 is 4.79 Å². The van der Waals surface area contributed by atoms with Gasteiger partial charge in [-0.3, -0.25) is 4.79 Å². The van der Waals surface area contributed by atoms with Crippen LogP contribution in [0.4, 0.5) is 0 Å². The van der Waals surface area contributed by atoms with Gasteiger partial charge in [-0.15, -0.1) is 0 Å². The van der Waals surface area contributed by atoms with Gasteiger partial charge >= 0.3 is 0 Å². The lowest BCUT2D eigenvalue weighted by Gasteiger charge is -2.32. The van der Waals surface area contributed by atoms with Crippen molar-refractivity contribution in [3.05, 3.63) is 35.6 Å². The van der Waals surface area contributed by atoms with Gasteiger partial charge in [-0.2, -0.15) is 0 Å². The fourth-order valence-electron chi connectivity index (χ4n) is 2.58. The van der Waals surface area contributed by atoms with Crippen LogP contribution in [0.25, 0.3) is 0 Å². The van der Waals surface area contributed by atoms with E-state index in [4.69, 9.17) is 0 Å². The van der Waals surface area contributed by atoms with Crippen LogP contribution in [0.2, 0.25) is 0 Å². The zero-order valence-corrected chi connectivity index (χ0v) is 12.0. The molecule has 3 nitrogen and oxygen atoms in total. The van der Waals surface area contributed by atoms with E-state index in [-0.39, 0.29) is 5.91 Å². The van der Waals surface area contributed by atoms with Crippen molar-refractivity contribution >= 4 is 5.91 Å². The van der Waals surface area contributed by atoms with Crippen molar-refractivity contribution in [1.29, 1.82) is 0 Å². The first kappa shape index (κ1) is 14.1. The summed E-state index contributed by atoms with van der Waals surface area (Å²) < 4.78 is 0. The maximum Gasteiger partial charge on any atom is 0.227 e. The number of hydrogen-bond donors (Lipinski definition) is 1. The van der Waals surface area contributed by atoms with E-state index < -0.39 is 0 Å². The quantitative estimate of drug-likeness (QED) is 0.824. The molecule has 2 rings (SSSR count). The van der Waals surface area contributed by atoms with Crippen LogP contribution >= 0.6 is 0 Å². The number of nitrogens with zero attached hydrogens (tertiary/aromatic N) is 1. The van der Waals surface area contributed by atoms with Gasteiger partial charge in [-0.25, -0.2) is 0 Å². The Kier molecular flexibility index (Phi) is 4.97. The zero-order valence-electron chi connectivity index (χ0n) is 12.0. The number of amides is 1. The van der Waals surface area contributed by atoms with Crippen LogP contribution in [0.1, 0.15) is 39.5 Å². The second-order valence-corrected chi connectivity index (χ2v) is 5.31. The molecule has 1 heterocycles. The molecular weight excluding hydrogens is 236 g/mol. The highest BCUT2D eigenvalue weighted by atomic mass is 16.2. The number of carbonyl (C=O) groups is 1. The van der Waals surface area contributed by atoms with Crippen molar-refractivity contribution in [3.63, 3.8) is 0 Å². The molecule has 19 heavy (non-hydrogen) atoms. The smallest absolute Gasteiger partial charge is 0.227 e. The van der Waals surface area contributed by atoms with Crippen molar-refractivity contribution in [2.24, 2.45) is 0 Å². The molecule has 1 N–H and O–H groups in total. The van der Waals surface area contributed by atoms with Crippen LogP contribution in [0.3, 0.4) is 0 Å². The Hall–Kier alpha value is -1.35. The average molecular weight is 260 g/mol. The third-order valence-electron chi connectivity index (χ3n) is 3.60. The predicted molar refractivity (Wildman–Crippen MR) is 78.6 cm³/mol. The Balaban J connectivity index is 2.12. The molecule has 0 saturated carbocycles. The van der Waals surface area contributed by atoms with Gasteiger partial charge in [0.15, 0.2) is 0 Å². The molecule has 3 heteroatoms. The minimum atomic E-state index is 0.254. The molecule has 0 fully saturated rings. The molecule has 104 valence electrons. The van der Waals surface area contributed by atoms with Crippen LogP contribution in [0, 0.1) is 0 Å². The molecule has 0 aromatic heterocycles. The van der Waals surface area contributed by atoms with Crippen molar-refractivity contribution in [1.82, 2.24) is 10.2 Å². The third-order valence-corrected chi connectivity index (χ3v) is 3.60. The normalized spacial score (nSPS) is 20.5. The summed E-state index contributed by atoms with van der Waals surface area (Å²) in [5, 5.41) is 3.45. The van der Waals surface area contributed by atoms with Crippen LogP contribution in [-0.2, 0) is 4.79 Å². The summed E-state index contributed by atoms with van der Waals surface area (Å²) in [5.41, 5.74) is 2.41. The van der Waals surface area contributed by atoms with E-state index in [1.165, 1.54) is 5.57 Å². The van der Waals surface area contributed by atoms with Gasteiger partial charge in [0.2, 0.25) is 5.91 Å². The van der Waals surface area contributed by atoms with Crippen molar-refractivity contribution in [2.45, 2.75) is 45.6 Å². The lowest BCUT2D eigenvalue weighted by Crippen LogP contribution is -2.43. The number of carbonyl (C=O) groups excluding carboxylic acids is 1. The van der Waals surface area contributed by atoms with Gasteiger partial charge < -0.3 is 10.2 Å². The van der Waals surface area contributed by atoms with E-state index in [2.05, 4.69) is 43.5 Å². The molecule has 2 aliphatic rings. The highest BCUT2D eigenvalue weighted by Gasteiger charge is 2.25. The molecule has 0 saturated heterocycles. The van der Waals surface area contributed by atoms with E-state index in [0.717, 1.165) is 38.0 Å². The van der Waals surface area contributed by atoms with Gasteiger partial charge in [0, 0.05) is 24.7 Å². The van der Waals surface area contributed by atoms with E-state index in [0.29, 0.717) is 12.5 Å². The molecule has 0 aromatic rings. The standard InChI is InChI=1S/C16H24N2O/c1-3-11-17-13(2)12-18-15-8-6-4-5-7-14(15)9-10-16(18)19/h5-8,13,17H,3-4,9-12H2,1-2H3. The zero-order chi connectivity index (χ0) is 13.7. The fourth-order valence-corrected chi connectivity index (χ4v) is 2.58. The summed E-state index contributed by atoms with van der Waals surface area (Å²) in [6.07, 6.45) is 12.2. The lowest BCUT2D eigenvalue weighted by atomic mass is 10.0. The van der Waals surface area contributed by atoms with E-state index in [1.807, 2.05) is 4.90 Å². The molecule has 0 radical (unpaired) electrons. The summed E-state index contributed by atoms with van der Waals surface area (Å²) in [6.45, 7) is 6.07. The van der Waals surface area contributed by atoms with Crippen LogP contribution in [0.5, 0.6) is 0 Å². The SMILES string of the molecule is CCCNC(C)CN1C(=O)CCC2=C1C=CCC=C2. The molecule has 0 aromatic carbocycles. The second-order valence-electron chi connectivity index (χ2n) is 5.31. The van der Waals surface area contributed by atoms with E-state index >= 15 is 0 Å². The monoisotopic (exact) mass is 260 g/mol. The Bertz CT molecular complexity index is 420. The average Bonchev–Trinajstić information content (AvgIpc) is 2.65. The van der Waals surface area contributed by atoms with E-state index in [9.17, 15) is 4.79 Å². The largest absolute Gasteiger partial charge is 0.312 e. The highest BCUT2D eigenvalue weighted by Crippen LogP contribution is 2.27. The van der Waals surface area contributed by atoms with Gasteiger partial charge in [0.25, 0.3) is 0 Å². The molecule has 1 atom stereocenters. The first-order valence-corrected chi connectivity index (χ1v) is 7.32. The topological polar surface area (TPSA) is 32.3 Å². The summed E-state index contributed by atoms with van der Waals surface area (Å²) in [5.74, 6) is 0.254. The Morgan fingerprint density at radius 2 is 2.11 bits per heavy atom. The first-order valence-electron chi connectivity index (χ1n) is 7.32. The van der Waals surface area contributed by atoms with Crippen LogP contribution in [0.15, 0.2) is 35.6 Å². The molecule has 1 amide bonds. The predicted octanol–water partition coefficient (Wildman–Crippen LogP) is 2.77. The molecule has 1 unspecified atom stereocenters. The fraction of sp³-hybridized carbons (Fsp3) is 0.562. The molecular formula is C16H24N2O. The van der Waals surface area contributed by atoms with Crippen LogP contribution < -0.4 is 5.32 Å². The molecule has 1 aliphatic heterocycles. The molecule has 1 aliphatic carbocycles. The summed E-state index contributed by atoms with van der Waals surface area (Å²) in [6, 6.07) is 0.330. The van der Waals surface area contributed by atoms with Crippen molar-refractivity contribution in [3.8, 4) is 0 Å². The maximum atomic E-state index is 12.2. The number of allylic oxidation sites excluding steroid dienone is 5. The minimum absolute atomic E-state index is 0.254. The number of hydrogen-bond acceptors (Lipinski definition) is 2. The number of nitrogens with one attached hydrogen (secondary N) is 1. The number of rotatable bonds is 5. The summed E-state index contributed by atoms with van der Waals surface area (Å²) >= 11 is 0. The summed E-state index contributed by atoms with van der Waals surface area (Å²) in [7, 11) is 0. The van der Waals surface area contributed by atoms with Gasteiger partial charge in [-0.05, 0) is 44.4 Å². The Morgan fingerprint density at radius 1 is 1.32 bits per heavy atom. The lowest BCUT2D eigenvalue weighted by molar-refractivity contribution is -0.130. The minimum Gasteiger partial charge on any atom is -0.312 e. The highest BCUT2D eigenvalue weighted by molar-refractivity contribution is 5.81. The maximum absolute atomic E-state index is 12.2. The second kappa shape index (κ2) is 6.71. The van der Waals surface area contributed by atoms with Crippen LogP contribution in [-0.4, -0.2) is 29.9 Å². The van der Waals surface area contributed by atoms with Gasteiger partial charge in [-0.1, -0.05) is 25.2 Å². The first-order chi connectivity index (χ1) is 9.22. The van der Waals surface area contributed by atoms with Gasteiger partial charge in [0.05, 0.1) is 0 Å². The Labute approximate surface area is 116 Å².